The summed E-state index contributed by atoms with van der Waals surface area (Å²) in [5.74, 6) is 0.456. The van der Waals surface area contributed by atoms with Crippen LogP contribution in [-0.4, -0.2) is 5.16 Å². The predicted molar refractivity (Wildman–Crippen MR) is 54.7 cm³/mol. The Kier molecular flexibility index (Phi) is 2.67. The summed E-state index contributed by atoms with van der Waals surface area (Å²) in [5, 5.41) is 3.59. The van der Waals surface area contributed by atoms with Crippen LogP contribution in [0.15, 0.2) is 35.0 Å². The number of aromatic nitrogens is 1. The molecule has 0 atom stereocenters. The summed E-state index contributed by atoms with van der Waals surface area (Å²) in [7, 11) is 0. The minimum atomic E-state index is -0.224. The molecule has 78 valence electrons. The molecule has 0 fully saturated rings. The quantitative estimate of drug-likeness (QED) is 0.837. The van der Waals surface area contributed by atoms with Crippen LogP contribution in [0.3, 0.4) is 0 Å². The van der Waals surface area contributed by atoms with E-state index in [0.29, 0.717) is 17.9 Å². The fourth-order valence-corrected chi connectivity index (χ4v) is 1.37. The molecule has 0 amide bonds. The van der Waals surface area contributed by atoms with Crippen molar-refractivity contribution in [2.75, 3.05) is 5.73 Å². The van der Waals surface area contributed by atoms with E-state index in [-0.39, 0.29) is 5.82 Å². The third-order valence-electron chi connectivity index (χ3n) is 2.23. The van der Waals surface area contributed by atoms with Gasteiger partial charge in [-0.15, -0.1) is 0 Å². The summed E-state index contributed by atoms with van der Waals surface area (Å²) < 4.78 is 17.6. The summed E-state index contributed by atoms with van der Waals surface area (Å²) in [6.07, 6.45) is 2.93. The second-order valence-corrected chi connectivity index (χ2v) is 3.33. The molecular formula is C11H11FN2O. The van der Waals surface area contributed by atoms with Gasteiger partial charge in [0.1, 0.15) is 5.82 Å². The first-order valence-corrected chi connectivity index (χ1v) is 4.69. The van der Waals surface area contributed by atoms with Crippen molar-refractivity contribution in [3.63, 3.8) is 0 Å². The molecule has 15 heavy (non-hydrogen) atoms. The third-order valence-corrected chi connectivity index (χ3v) is 2.23. The number of benzene rings is 1. The maximum atomic E-state index is 12.6. The van der Waals surface area contributed by atoms with Gasteiger partial charge in [0.25, 0.3) is 0 Å². The standard InChI is InChI=1S/C11H11FN2O/c12-9-4-1-8(2-5-9)3-6-11-10(13)7-14-15-11/h1-2,4-5,7H,3,6,13H2. The van der Waals surface area contributed by atoms with Crippen LogP contribution in [0, 0.1) is 5.82 Å². The molecule has 3 nitrogen and oxygen atoms in total. The highest BCUT2D eigenvalue weighted by Crippen LogP contribution is 2.13. The van der Waals surface area contributed by atoms with Crippen molar-refractivity contribution < 1.29 is 8.91 Å². The average Bonchev–Trinajstić information content (AvgIpc) is 2.63. The molecule has 2 aromatic rings. The van der Waals surface area contributed by atoms with Crippen LogP contribution in [-0.2, 0) is 12.8 Å². The zero-order valence-electron chi connectivity index (χ0n) is 8.11. The lowest BCUT2D eigenvalue weighted by Gasteiger charge is -1.99. The van der Waals surface area contributed by atoms with Gasteiger partial charge < -0.3 is 10.3 Å². The summed E-state index contributed by atoms with van der Waals surface area (Å²) in [4.78, 5) is 0. The summed E-state index contributed by atoms with van der Waals surface area (Å²) in [6.45, 7) is 0. The fourth-order valence-electron chi connectivity index (χ4n) is 1.37. The van der Waals surface area contributed by atoms with Gasteiger partial charge in [-0.05, 0) is 24.1 Å². The zero-order chi connectivity index (χ0) is 10.7. The van der Waals surface area contributed by atoms with Gasteiger partial charge in [0.2, 0.25) is 0 Å². The second kappa shape index (κ2) is 4.13. The molecule has 2 rings (SSSR count). The Bertz CT molecular complexity index is 436. The number of rotatable bonds is 3. The molecule has 1 heterocycles. The van der Waals surface area contributed by atoms with Crippen LogP contribution < -0.4 is 5.73 Å². The van der Waals surface area contributed by atoms with E-state index >= 15 is 0 Å². The summed E-state index contributed by atoms with van der Waals surface area (Å²) in [6, 6.07) is 6.39. The molecule has 0 aliphatic rings. The lowest BCUT2D eigenvalue weighted by molar-refractivity contribution is 0.384. The Morgan fingerprint density at radius 2 is 1.93 bits per heavy atom. The predicted octanol–water partition coefficient (Wildman–Crippen LogP) is 2.18. The first kappa shape index (κ1) is 9.71. The molecule has 1 aromatic heterocycles. The Balaban J connectivity index is 1.99. The van der Waals surface area contributed by atoms with E-state index in [1.807, 2.05) is 0 Å². The number of halogens is 1. The third kappa shape index (κ3) is 2.34. The van der Waals surface area contributed by atoms with Gasteiger partial charge in [0.15, 0.2) is 5.76 Å². The number of nitrogens with two attached hydrogens (primary N) is 1. The maximum Gasteiger partial charge on any atom is 0.159 e. The van der Waals surface area contributed by atoms with Crippen molar-refractivity contribution in [3.8, 4) is 0 Å². The molecule has 2 N–H and O–H groups in total. The Morgan fingerprint density at radius 3 is 2.53 bits per heavy atom. The molecule has 0 spiro atoms. The number of nitrogens with zero attached hydrogens (tertiary/aromatic N) is 1. The molecular weight excluding hydrogens is 195 g/mol. The van der Waals surface area contributed by atoms with Crippen LogP contribution in [0.25, 0.3) is 0 Å². The van der Waals surface area contributed by atoms with Crippen molar-refractivity contribution >= 4 is 5.69 Å². The van der Waals surface area contributed by atoms with Crippen molar-refractivity contribution in [1.29, 1.82) is 0 Å². The molecule has 0 radical (unpaired) electrons. The molecule has 0 bridgehead atoms. The van der Waals surface area contributed by atoms with Gasteiger partial charge >= 0.3 is 0 Å². The monoisotopic (exact) mass is 206 g/mol. The molecule has 0 aliphatic carbocycles. The molecule has 0 saturated carbocycles. The van der Waals surface area contributed by atoms with Crippen LogP contribution >= 0.6 is 0 Å². The highest BCUT2D eigenvalue weighted by atomic mass is 19.1. The summed E-state index contributed by atoms with van der Waals surface area (Å²) in [5.41, 5.74) is 7.23. The maximum absolute atomic E-state index is 12.6. The number of aryl methyl sites for hydroxylation is 2. The number of nitrogen functional groups attached to an aromatic ring is 1. The smallest absolute Gasteiger partial charge is 0.159 e. The van der Waals surface area contributed by atoms with Gasteiger partial charge in [-0.2, -0.15) is 0 Å². The van der Waals surface area contributed by atoms with E-state index in [1.165, 1.54) is 18.3 Å². The van der Waals surface area contributed by atoms with E-state index in [0.717, 1.165) is 12.0 Å². The lowest BCUT2D eigenvalue weighted by Crippen LogP contribution is -1.93. The number of hydrogen-bond acceptors (Lipinski definition) is 3. The van der Waals surface area contributed by atoms with Crippen molar-refractivity contribution in [1.82, 2.24) is 5.16 Å². The van der Waals surface area contributed by atoms with Crippen LogP contribution in [0.1, 0.15) is 11.3 Å². The molecule has 1 aromatic carbocycles. The first-order valence-electron chi connectivity index (χ1n) is 4.69. The molecule has 4 heteroatoms. The Hall–Kier alpha value is -1.84. The lowest BCUT2D eigenvalue weighted by atomic mass is 10.1. The molecule has 0 saturated heterocycles. The van der Waals surface area contributed by atoms with Crippen LogP contribution in [0.4, 0.5) is 10.1 Å². The van der Waals surface area contributed by atoms with E-state index < -0.39 is 0 Å². The van der Waals surface area contributed by atoms with Gasteiger partial charge in [0, 0.05) is 6.42 Å². The summed E-state index contributed by atoms with van der Waals surface area (Å²) >= 11 is 0. The topological polar surface area (TPSA) is 52.0 Å². The number of anilines is 1. The minimum Gasteiger partial charge on any atom is -0.395 e. The van der Waals surface area contributed by atoms with Gasteiger partial charge in [-0.3, -0.25) is 0 Å². The van der Waals surface area contributed by atoms with E-state index in [2.05, 4.69) is 5.16 Å². The van der Waals surface area contributed by atoms with Gasteiger partial charge in [-0.1, -0.05) is 17.3 Å². The van der Waals surface area contributed by atoms with Crippen LogP contribution in [0.2, 0.25) is 0 Å². The zero-order valence-corrected chi connectivity index (χ0v) is 8.11. The van der Waals surface area contributed by atoms with Gasteiger partial charge in [-0.25, -0.2) is 4.39 Å². The van der Waals surface area contributed by atoms with Crippen molar-refractivity contribution in [3.05, 3.63) is 47.6 Å². The van der Waals surface area contributed by atoms with E-state index in [1.54, 1.807) is 12.1 Å². The van der Waals surface area contributed by atoms with E-state index in [9.17, 15) is 4.39 Å². The van der Waals surface area contributed by atoms with E-state index in [4.69, 9.17) is 10.3 Å². The SMILES string of the molecule is Nc1cnoc1CCc1ccc(F)cc1. The normalized spacial score (nSPS) is 10.5. The Morgan fingerprint density at radius 1 is 1.20 bits per heavy atom. The highest BCUT2D eigenvalue weighted by Gasteiger charge is 2.04. The molecule has 0 aliphatic heterocycles. The average molecular weight is 206 g/mol. The van der Waals surface area contributed by atoms with Crippen LogP contribution in [0.5, 0.6) is 0 Å². The molecule has 0 unspecified atom stereocenters. The van der Waals surface area contributed by atoms with Crippen molar-refractivity contribution in [2.45, 2.75) is 12.8 Å². The first-order chi connectivity index (χ1) is 7.25. The highest BCUT2D eigenvalue weighted by molar-refractivity contribution is 5.38. The van der Waals surface area contributed by atoms with Gasteiger partial charge in [0.05, 0.1) is 11.9 Å². The second-order valence-electron chi connectivity index (χ2n) is 3.33. The minimum absolute atomic E-state index is 0.224. The largest absolute Gasteiger partial charge is 0.395 e. The number of hydrogen-bond donors (Lipinski definition) is 1. The van der Waals surface area contributed by atoms with Crippen molar-refractivity contribution in [2.24, 2.45) is 0 Å². The Labute approximate surface area is 86.7 Å². The fraction of sp³-hybridized carbons (Fsp3) is 0.182.